The van der Waals surface area contributed by atoms with Crippen molar-refractivity contribution < 1.29 is 8.91 Å². The molecule has 0 fully saturated rings. The molecule has 2 aromatic heterocycles. The van der Waals surface area contributed by atoms with Crippen LogP contribution in [-0.2, 0) is 0 Å². The minimum Gasteiger partial charge on any atom is -0.338 e. The molecular formula is C11H7FN2O2. The van der Waals surface area contributed by atoms with E-state index in [1.807, 2.05) is 0 Å². The number of H-pyrrole nitrogens is 1. The maximum atomic E-state index is 13.3. The number of nitrogens with one attached hydrogen (secondary N) is 1. The molecule has 0 unspecified atom stereocenters. The fourth-order valence-electron chi connectivity index (χ4n) is 1.85. The Hall–Kier alpha value is -2.17. The summed E-state index contributed by atoms with van der Waals surface area (Å²) in [5.41, 5.74) is 1.37. The Morgan fingerprint density at radius 3 is 3.00 bits per heavy atom. The lowest BCUT2D eigenvalue weighted by molar-refractivity contribution is 0.400. The minimum atomic E-state index is -0.494. The van der Waals surface area contributed by atoms with Crippen molar-refractivity contribution in [2.24, 2.45) is 0 Å². The SMILES string of the molecule is Cc1cc(F)cc2c1ncc1c(=O)o[nH]c12. The molecule has 0 aliphatic rings. The van der Waals surface area contributed by atoms with Crippen LogP contribution in [0.2, 0.25) is 0 Å². The number of aromatic amines is 1. The Balaban J connectivity index is 2.65. The van der Waals surface area contributed by atoms with Crippen molar-refractivity contribution in [2.75, 3.05) is 0 Å². The number of aryl methyl sites for hydroxylation is 1. The van der Waals surface area contributed by atoms with Crippen LogP contribution in [-0.4, -0.2) is 10.1 Å². The Kier molecular flexibility index (Phi) is 1.65. The maximum absolute atomic E-state index is 13.3. The lowest BCUT2D eigenvalue weighted by Gasteiger charge is -2.01. The molecule has 16 heavy (non-hydrogen) atoms. The molecule has 2 heterocycles. The van der Waals surface area contributed by atoms with E-state index in [0.717, 1.165) is 5.56 Å². The average molecular weight is 218 g/mol. The van der Waals surface area contributed by atoms with Gasteiger partial charge in [-0.3, -0.25) is 4.98 Å². The highest BCUT2D eigenvalue weighted by Gasteiger charge is 2.10. The Labute approximate surface area is 88.7 Å². The highest BCUT2D eigenvalue weighted by atomic mass is 19.1. The number of hydrogen-bond donors (Lipinski definition) is 1. The number of benzene rings is 1. The predicted molar refractivity (Wildman–Crippen MR) is 56.8 cm³/mol. The molecule has 4 nitrogen and oxygen atoms in total. The van der Waals surface area contributed by atoms with Gasteiger partial charge in [0, 0.05) is 11.6 Å². The molecule has 0 spiro atoms. The predicted octanol–water partition coefficient (Wildman–Crippen LogP) is 2.12. The topological polar surface area (TPSA) is 58.9 Å². The molecular weight excluding hydrogens is 211 g/mol. The lowest BCUT2D eigenvalue weighted by atomic mass is 10.1. The number of nitrogens with zero attached hydrogens (tertiary/aromatic N) is 1. The molecule has 3 rings (SSSR count). The number of aromatic nitrogens is 2. The molecule has 1 aromatic carbocycles. The van der Waals surface area contributed by atoms with Crippen molar-refractivity contribution in [3.63, 3.8) is 0 Å². The summed E-state index contributed by atoms with van der Waals surface area (Å²) >= 11 is 0. The van der Waals surface area contributed by atoms with E-state index in [-0.39, 0.29) is 5.82 Å². The largest absolute Gasteiger partial charge is 0.366 e. The fourth-order valence-corrected chi connectivity index (χ4v) is 1.85. The molecule has 0 saturated heterocycles. The number of halogens is 1. The van der Waals surface area contributed by atoms with E-state index in [2.05, 4.69) is 14.7 Å². The summed E-state index contributed by atoms with van der Waals surface area (Å²) in [6.45, 7) is 1.77. The van der Waals surface area contributed by atoms with Crippen LogP contribution in [0.15, 0.2) is 27.6 Å². The third kappa shape index (κ3) is 1.08. The molecule has 3 aromatic rings. The molecule has 0 saturated carbocycles. The van der Waals surface area contributed by atoms with Gasteiger partial charge in [0.25, 0.3) is 0 Å². The van der Waals surface area contributed by atoms with Crippen molar-refractivity contribution in [1.82, 2.24) is 10.1 Å². The Bertz CT molecular complexity index is 758. The molecule has 0 radical (unpaired) electrons. The van der Waals surface area contributed by atoms with E-state index < -0.39 is 5.63 Å². The minimum absolute atomic E-state index is 0.331. The quantitative estimate of drug-likeness (QED) is 0.628. The van der Waals surface area contributed by atoms with Crippen molar-refractivity contribution in [1.29, 1.82) is 0 Å². The zero-order valence-corrected chi connectivity index (χ0v) is 8.37. The van der Waals surface area contributed by atoms with Crippen LogP contribution in [0.1, 0.15) is 5.56 Å². The molecule has 0 aliphatic heterocycles. The van der Waals surface area contributed by atoms with Crippen LogP contribution in [0.25, 0.3) is 21.8 Å². The summed E-state index contributed by atoms with van der Waals surface area (Å²) in [5, 5.41) is 3.38. The second-order valence-corrected chi connectivity index (χ2v) is 3.66. The van der Waals surface area contributed by atoms with Crippen molar-refractivity contribution in [3.8, 4) is 0 Å². The summed E-state index contributed by atoms with van der Waals surface area (Å²) in [5.74, 6) is -0.360. The zero-order chi connectivity index (χ0) is 11.3. The highest BCUT2D eigenvalue weighted by molar-refractivity contribution is 6.03. The number of pyridine rings is 1. The van der Waals surface area contributed by atoms with Crippen molar-refractivity contribution >= 4 is 21.8 Å². The lowest BCUT2D eigenvalue weighted by Crippen LogP contribution is -1.93. The molecule has 0 bridgehead atoms. The second-order valence-electron chi connectivity index (χ2n) is 3.66. The van der Waals surface area contributed by atoms with Gasteiger partial charge < -0.3 is 4.52 Å². The normalized spacial score (nSPS) is 11.4. The number of rotatable bonds is 0. The first-order chi connectivity index (χ1) is 7.66. The van der Waals surface area contributed by atoms with E-state index in [0.29, 0.717) is 21.8 Å². The number of fused-ring (bicyclic) bond motifs is 3. The van der Waals surface area contributed by atoms with E-state index in [1.165, 1.54) is 18.3 Å². The van der Waals surface area contributed by atoms with Gasteiger partial charge in [-0.1, -0.05) is 0 Å². The second kappa shape index (κ2) is 2.91. The standard InChI is InChI=1S/C11H7FN2O2/c1-5-2-6(12)3-7-9(5)13-4-8-10(7)14-16-11(8)15/h2-4,14H,1H3. The van der Waals surface area contributed by atoms with Gasteiger partial charge in [0.15, 0.2) is 0 Å². The summed E-state index contributed by atoms with van der Waals surface area (Å²) < 4.78 is 17.9. The van der Waals surface area contributed by atoms with Crippen LogP contribution in [0, 0.1) is 12.7 Å². The van der Waals surface area contributed by atoms with Gasteiger partial charge in [-0.05, 0) is 24.6 Å². The first-order valence-electron chi connectivity index (χ1n) is 4.73. The third-order valence-corrected chi connectivity index (χ3v) is 2.59. The summed E-state index contributed by atoms with van der Waals surface area (Å²) in [7, 11) is 0. The van der Waals surface area contributed by atoms with Gasteiger partial charge in [-0.25, -0.2) is 14.3 Å². The van der Waals surface area contributed by atoms with Gasteiger partial charge >= 0.3 is 5.63 Å². The smallest absolute Gasteiger partial charge is 0.338 e. The third-order valence-electron chi connectivity index (χ3n) is 2.59. The van der Waals surface area contributed by atoms with Gasteiger partial charge in [0.1, 0.15) is 11.2 Å². The van der Waals surface area contributed by atoms with Crippen LogP contribution >= 0.6 is 0 Å². The van der Waals surface area contributed by atoms with E-state index >= 15 is 0 Å². The fraction of sp³-hybridized carbons (Fsp3) is 0.0909. The summed E-state index contributed by atoms with van der Waals surface area (Å²) in [6, 6.07) is 2.74. The average Bonchev–Trinajstić information content (AvgIpc) is 2.60. The molecule has 80 valence electrons. The molecule has 0 atom stereocenters. The molecule has 1 N–H and O–H groups in total. The van der Waals surface area contributed by atoms with Crippen molar-refractivity contribution in [3.05, 3.63) is 40.1 Å². The Morgan fingerprint density at radius 2 is 2.19 bits per heavy atom. The van der Waals surface area contributed by atoms with Crippen molar-refractivity contribution in [2.45, 2.75) is 6.92 Å². The maximum Gasteiger partial charge on any atom is 0.366 e. The van der Waals surface area contributed by atoms with Crippen LogP contribution in [0.5, 0.6) is 0 Å². The Morgan fingerprint density at radius 1 is 1.38 bits per heavy atom. The van der Waals surface area contributed by atoms with Crippen LogP contribution in [0.4, 0.5) is 4.39 Å². The molecule has 0 amide bonds. The van der Waals surface area contributed by atoms with Gasteiger partial charge in [0.05, 0.1) is 11.0 Å². The monoisotopic (exact) mass is 218 g/mol. The van der Waals surface area contributed by atoms with E-state index in [1.54, 1.807) is 6.92 Å². The molecule has 0 aliphatic carbocycles. The molecule has 5 heteroatoms. The van der Waals surface area contributed by atoms with Crippen LogP contribution < -0.4 is 5.63 Å². The van der Waals surface area contributed by atoms with Gasteiger partial charge in [-0.2, -0.15) is 0 Å². The van der Waals surface area contributed by atoms with Gasteiger partial charge in [0.2, 0.25) is 0 Å². The zero-order valence-electron chi connectivity index (χ0n) is 8.37. The first kappa shape index (κ1) is 9.08. The van der Waals surface area contributed by atoms with E-state index in [4.69, 9.17) is 0 Å². The summed E-state index contributed by atoms with van der Waals surface area (Å²) in [6.07, 6.45) is 1.44. The van der Waals surface area contributed by atoms with Gasteiger partial charge in [-0.15, -0.1) is 0 Å². The highest BCUT2D eigenvalue weighted by Crippen LogP contribution is 2.23. The summed E-state index contributed by atoms with van der Waals surface area (Å²) in [4.78, 5) is 15.4. The first-order valence-corrected chi connectivity index (χ1v) is 4.73. The van der Waals surface area contributed by atoms with E-state index in [9.17, 15) is 9.18 Å². The number of hydrogen-bond acceptors (Lipinski definition) is 3. The van der Waals surface area contributed by atoms with Crippen LogP contribution in [0.3, 0.4) is 0 Å².